The monoisotopic (exact) mass is 323 g/mol. The molecule has 3 rings (SSSR count). The Balaban J connectivity index is 1.87. The van der Waals surface area contributed by atoms with Gasteiger partial charge in [0.1, 0.15) is 0 Å². The van der Waals surface area contributed by atoms with Crippen LogP contribution in [0.1, 0.15) is 23.0 Å². The zero-order valence-electron chi connectivity index (χ0n) is 13.2. The van der Waals surface area contributed by atoms with Crippen molar-refractivity contribution >= 4 is 11.9 Å². The lowest BCUT2D eigenvalue weighted by atomic mass is 10.2. The van der Waals surface area contributed by atoms with Crippen LogP contribution in [0.4, 0.5) is 5.88 Å². The fourth-order valence-electron chi connectivity index (χ4n) is 2.17. The smallest absolute Gasteiger partial charge is 0.362 e. The molecule has 0 aliphatic carbocycles. The molecular weight excluding hydrogens is 306 g/mol. The third kappa shape index (κ3) is 3.60. The van der Waals surface area contributed by atoms with E-state index in [4.69, 9.17) is 9.15 Å². The number of anilines is 1. The van der Waals surface area contributed by atoms with Gasteiger partial charge in [-0.3, -0.25) is 4.98 Å². The van der Waals surface area contributed by atoms with Crippen LogP contribution < -0.4 is 5.32 Å². The van der Waals surface area contributed by atoms with E-state index < -0.39 is 5.97 Å². The predicted octanol–water partition coefficient (Wildman–Crippen LogP) is 3.53. The molecule has 6 heteroatoms. The van der Waals surface area contributed by atoms with Gasteiger partial charge in [-0.05, 0) is 30.7 Å². The first kappa shape index (κ1) is 15.7. The first-order chi connectivity index (χ1) is 11.8. The van der Waals surface area contributed by atoms with Crippen molar-refractivity contribution in [3.8, 4) is 11.5 Å². The quantitative estimate of drug-likeness (QED) is 0.699. The second kappa shape index (κ2) is 7.41. The van der Waals surface area contributed by atoms with E-state index in [1.54, 1.807) is 19.3 Å². The Bertz CT molecular complexity index is 801. The summed E-state index contributed by atoms with van der Waals surface area (Å²) in [7, 11) is 0. The molecule has 122 valence electrons. The number of carbonyl (C=O) groups is 1. The summed E-state index contributed by atoms with van der Waals surface area (Å²) in [5.74, 6) is 0.139. The Morgan fingerprint density at radius 3 is 2.75 bits per heavy atom. The topological polar surface area (TPSA) is 77.2 Å². The van der Waals surface area contributed by atoms with E-state index in [1.165, 1.54) is 0 Å². The van der Waals surface area contributed by atoms with Crippen LogP contribution >= 0.6 is 0 Å². The van der Waals surface area contributed by atoms with Gasteiger partial charge in [-0.2, -0.15) is 4.98 Å². The number of hydrogen-bond acceptors (Lipinski definition) is 6. The summed E-state index contributed by atoms with van der Waals surface area (Å²) < 4.78 is 10.8. The predicted molar refractivity (Wildman–Crippen MR) is 89.5 cm³/mol. The Hall–Kier alpha value is -3.15. The van der Waals surface area contributed by atoms with Gasteiger partial charge in [0.25, 0.3) is 0 Å². The average Bonchev–Trinajstić information content (AvgIpc) is 3.06. The molecule has 3 aromatic rings. The van der Waals surface area contributed by atoms with Crippen molar-refractivity contribution in [1.29, 1.82) is 0 Å². The third-order valence-electron chi connectivity index (χ3n) is 3.29. The van der Waals surface area contributed by atoms with Crippen molar-refractivity contribution in [2.45, 2.75) is 13.5 Å². The van der Waals surface area contributed by atoms with Crippen LogP contribution in [0, 0.1) is 0 Å². The van der Waals surface area contributed by atoms with Gasteiger partial charge in [-0.25, -0.2) is 4.79 Å². The summed E-state index contributed by atoms with van der Waals surface area (Å²) in [6, 6.07) is 13.2. The molecule has 2 aromatic heterocycles. The highest BCUT2D eigenvalue weighted by Gasteiger charge is 2.22. The van der Waals surface area contributed by atoms with Crippen LogP contribution in [0.15, 0.2) is 59.3 Å². The van der Waals surface area contributed by atoms with Gasteiger partial charge in [0, 0.05) is 24.5 Å². The highest BCUT2D eigenvalue weighted by molar-refractivity contribution is 5.92. The molecule has 0 amide bonds. The highest BCUT2D eigenvalue weighted by Crippen LogP contribution is 2.26. The maximum Gasteiger partial charge on any atom is 0.362 e. The Kier molecular flexibility index (Phi) is 4.86. The number of nitrogens with zero attached hydrogens (tertiary/aromatic N) is 2. The minimum Gasteiger partial charge on any atom is -0.461 e. The molecule has 0 fully saturated rings. The minimum absolute atomic E-state index is 0.139. The maximum absolute atomic E-state index is 12.1. The number of rotatable bonds is 6. The van der Waals surface area contributed by atoms with Crippen molar-refractivity contribution in [2.24, 2.45) is 0 Å². The van der Waals surface area contributed by atoms with Gasteiger partial charge in [-0.15, -0.1) is 0 Å². The molecule has 0 saturated carbocycles. The van der Waals surface area contributed by atoms with Crippen LogP contribution in [0.5, 0.6) is 0 Å². The lowest BCUT2D eigenvalue weighted by Gasteiger charge is -2.04. The van der Waals surface area contributed by atoms with E-state index in [1.807, 2.05) is 42.5 Å². The first-order valence-corrected chi connectivity index (χ1v) is 7.64. The fourth-order valence-corrected chi connectivity index (χ4v) is 2.17. The van der Waals surface area contributed by atoms with E-state index in [0.29, 0.717) is 12.4 Å². The van der Waals surface area contributed by atoms with Gasteiger partial charge >= 0.3 is 5.97 Å². The second-order valence-corrected chi connectivity index (χ2v) is 5.00. The summed E-state index contributed by atoms with van der Waals surface area (Å²) in [5, 5.41) is 3.09. The molecule has 0 aliphatic rings. The summed E-state index contributed by atoms with van der Waals surface area (Å²) in [6.45, 7) is 2.48. The van der Waals surface area contributed by atoms with E-state index in [2.05, 4.69) is 15.3 Å². The standard InChI is InChI=1S/C18H17N3O3/c1-2-23-18(22)15-17(20-12-13-7-6-10-19-11-13)24-16(21-15)14-8-4-3-5-9-14/h3-11,20H,2,12H2,1H3. The average molecular weight is 323 g/mol. The molecule has 24 heavy (non-hydrogen) atoms. The number of ether oxygens (including phenoxy) is 1. The molecule has 6 nitrogen and oxygen atoms in total. The summed E-state index contributed by atoms with van der Waals surface area (Å²) in [5.41, 5.74) is 1.89. The van der Waals surface area contributed by atoms with Crippen LogP contribution in [0.25, 0.3) is 11.5 Å². The number of hydrogen-bond donors (Lipinski definition) is 1. The van der Waals surface area contributed by atoms with E-state index in [-0.39, 0.29) is 18.2 Å². The van der Waals surface area contributed by atoms with Crippen molar-refractivity contribution in [1.82, 2.24) is 9.97 Å². The van der Waals surface area contributed by atoms with Crippen LogP contribution in [0.3, 0.4) is 0 Å². The number of benzene rings is 1. The second-order valence-electron chi connectivity index (χ2n) is 5.00. The largest absolute Gasteiger partial charge is 0.461 e. The molecule has 0 aliphatic heterocycles. The lowest BCUT2D eigenvalue weighted by molar-refractivity contribution is 0.0521. The van der Waals surface area contributed by atoms with E-state index >= 15 is 0 Å². The molecular formula is C18H17N3O3. The SMILES string of the molecule is CCOC(=O)c1nc(-c2ccccc2)oc1NCc1cccnc1. The lowest BCUT2D eigenvalue weighted by Crippen LogP contribution is -2.09. The molecule has 2 heterocycles. The van der Waals surface area contributed by atoms with E-state index in [9.17, 15) is 4.79 Å². The Labute approximate surface area is 139 Å². The minimum atomic E-state index is -0.517. The third-order valence-corrected chi connectivity index (χ3v) is 3.29. The number of esters is 1. The molecule has 0 atom stereocenters. The number of carbonyl (C=O) groups excluding carboxylic acids is 1. The molecule has 0 unspecified atom stereocenters. The van der Waals surface area contributed by atoms with Crippen molar-refractivity contribution in [3.63, 3.8) is 0 Å². The van der Waals surface area contributed by atoms with Gasteiger partial charge in [0.05, 0.1) is 6.61 Å². The molecule has 1 N–H and O–H groups in total. The zero-order valence-corrected chi connectivity index (χ0v) is 13.2. The van der Waals surface area contributed by atoms with E-state index in [0.717, 1.165) is 11.1 Å². The van der Waals surface area contributed by atoms with Gasteiger partial charge in [-0.1, -0.05) is 24.3 Å². The van der Waals surface area contributed by atoms with Crippen LogP contribution in [-0.4, -0.2) is 22.5 Å². The summed E-state index contributed by atoms with van der Waals surface area (Å²) in [6.07, 6.45) is 3.45. The van der Waals surface area contributed by atoms with Gasteiger partial charge in [0.15, 0.2) is 0 Å². The highest BCUT2D eigenvalue weighted by atomic mass is 16.5. The Morgan fingerprint density at radius 2 is 2.04 bits per heavy atom. The van der Waals surface area contributed by atoms with Gasteiger partial charge in [0.2, 0.25) is 17.5 Å². The zero-order chi connectivity index (χ0) is 16.8. The number of pyridine rings is 1. The van der Waals surface area contributed by atoms with Crippen molar-refractivity contribution in [2.75, 3.05) is 11.9 Å². The molecule has 1 aromatic carbocycles. The Morgan fingerprint density at radius 1 is 1.21 bits per heavy atom. The summed E-state index contributed by atoms with van der Waals surface area (Å²) >= 11 is 0. The van der Waals surface area contributed by atoms with Gasteiger partial charge < -0.3 is 14.5 Å². The first-order valence-electron chi connectivity index (χ1n) is 7.64. The number of oxazole rings is 1. The summed E-state index contributed by atoms with van der Waals surface area (Å²) in [4.78, 5) is 20.5. The number of aromatic nitrogens is 2. The molecule has 0 spiro atoms. The normalized spacial score (nSPS) is 10.4. The number of nitrogens with one attached hydrogen (secondary N) is 1. The van der Waals surface area contributed by atoms with Crippen LogP contribution in [-0.2, 0) is 11.3 Å². The molecule has 0 saturated heterocycles. The van der Waals surface area contributed by atoms with Crippen LogP contribution in [0.2, 0.25) is 0 Å². The molecule has 0 bridgehead atoms. The molecule has 0 radical (unpaired) electrons. The maximum atomic E-state index is 12.1. The fraction of sp³-hybridized carbons (Fsp3) is 0.167. The van der Waals surface area contributed by atoms with Crippen molar-refractivity contribution in [3.05, 3.63) is 66.1 Å². The van der Waals surface area contributed by atoms with Crippen molar-refractivity contribution < 1.29 is 13.9 Å².